The third-order valence-electron chi connectivity index (χ3n) is 6.28. The van der Waals surface area contributed by atoms with Gasteiger partial charge in [-0.15, -0.1) is 0 Å². The lowest BCUT2D eigenvalue weighted by atomic mass is 10.1. The van der Waals surface area contributed by atoms with E-state index in [1.165, 1.54) is 21.7 Å². The lowest BCUT2D eigenvalue weighted by molar-refractivity contribution is -0.137. The largest absolute Gasteiger partial charge is 0.416 e. The van der Waals surface area contributed by atoms with Crippen LogP contribution in [0.2, 0.25) is 0 Å². The minimum absolute atomic E-state index is 0.102. The summed E-state index contributed by atoms with van der Waals surface area (Å²) in [7, 11) is 0. The van der Waals surface area contributed by atoms with Crippen molar-refractivity contribution in [2.45, 2.75) is 26.4 Å². The number of hydrogen-bond acceptors (Lipinski definition) is 5. The molecule has 7 nitrogen and oxygen atoms in total. The molecule has 186 valence electrons. The molecule has 0 spiro atoms. The van der Waals surface area contributed by atoms with Gasteiger partial charge < -0.3 is 9.80 Å². The van der Waals surface area contributed by atoms with E-state index in [-0.39, 0.29) is 16.9 Å². The number of carbonyl (C=O) groups excluding carboxylic acids is 2. The highest BCUT2D eigenvalue weighted by atomic mass is 19.4. The number of nitriles is 1. The number of aryl methyl sites for hydroxylation is 1. The van der Waals surface area contributed by atoms with Crippen molar-refractivity contribution in [3.05, 3.63) is 76.6 Å². The molecule has 1 amide bonds. The Hall–Kier alpha value is -4.13. The maximum atomic E-state index is 13.2. The molecule has 1 aliphatic heterocycles. The molecule has 2 aromatic carbocycles. The zero-order chi connectivity index (χ0) is 26.0. The topological polar surface area (TPSA) is 82.2 Å². The summed E-state index contributed by atoms with van der Waals surface area (Å²) in [6.45, 7) is 5.08. The smallest absolute Gasteiger partial charge is 0.370 e. The van der Waals surface area contributed by atoms with Gasteiger partial charge in [0.15, 0.2) is 0 Å². The van der Waals surface area contributed by atoms with Crippen LogP contribution in [-0.2, 0) is 11.0 Å². The van der Waals surface area contributed by atoms with Crippen LogP contribution in [0.15, 0.2) is 48.5 Å². The van der Waals surface area contributed by atoms with E-state index >= 15 is 0 Å². The summed E-state index contributed by atoms with van der Waals surface area (Å²) >= 11 is 0. The van der Waals surface area contributed by atoms with Gasteiger partial charge >= 0.3 is 6.18 Å². The monoisotopic (exact) mass is 495 g/mol. The Bertz CT molecular complexity index is 1340. The van der Waals surface area contributed by atoms with Crippen molar-refractivity contribution in [3.63, 3.8) is 0 Å². The van der Waals surface area contributed by atoms with Crippen LogP contribution in [0.5, 0.6) is 0 Å². The van der Waals surface area contributed by atoms with Crippen LogP contribution in [0.25, 0.3) is 5.69 Å². The van der Waals surface area contributed by atoms with E-state index in [0.29, 0.717) is 43.9 Å². The summed E-state index contributed by atoms with van der Waals surface area (Å²) in [4.78, 5) is 30.0. The number of benzene rings is 2. The van der Waals surface area contributed by atoms with Crippen LogP contribution < -0.4 is 4.90 Å². The molecule has 2 heterocycles. The highest BCUT2D eigenvalue weighted by Crippen LogP contribution is 2.31. The zero-order valence-corrected chi connectivity index (χ0v) is 19.8. The van der Waals surface area contributed by atoms with Gasteiger partial charge in [-0.1, -0.05) is 6.07 Å². The van der Waals surface area contributed by atoms with Crippen LogP contribution in [0.3, 0.4) is 0 Å². The number of rotatable bonds is 4. The molecule has 36 heavy (non-hydrogen) atoms. The van der Waals surface area contributed by atoms with E-state index in [1.807, 2.05) is 12.1 Å². The SMILES string of the molecule is Cc1nn(-c2cccc(C(F)(F)F)c2)c(C)c1C(=O)C(=O)N1CCCN(c2ccc(C#N)cc2)CC1. The highest BCUT2D eigenvalue weighted by molar-refractivity contribution is 6.43. The first kappa shape index (κ1) is 25.0. The number of nitrogens with zero attached hydrogens (tertiary/aromatic N) is 5. The molecular formula is C26H24F3N5O2. The van der Waals surface area contributed by atoms with Gasteiger partial charge in [-0.2, -0.15) is 23.5 Å². The van der Waals surface area contributed by atoms with Gasteiger partial charge in [0, 0.05) is 31.9 Å². The van der Waals surface area contributed by atoms with E-state index in [1.54, 1.807) is 26.0 Å². The summed E-state index contributed by atoms with van der Waals surface area (Å²) < 4.78 is 40.7. The normalized spacial score (nSPS) is 14.3. The molecule has 0 saturated carbocycles. The number of aromatic nitrogens is 2. The Morgan fingerprint density at radius 3 is 2.36 bits per heavy atom. The van der Waals surface area contributed by atoms with Crippen molar-refractivity contribution in [2.24, 2.45) is 0 Å². The zero-order valence-electron chi connectivity index (χ0n) is 19.8. The molecule has 1 saturated heterocycles. The summed E-state index contributed by atoms with van der Waals surface area (Å²) in [6.07, 6.45) is -3.86. The highest BCUT2D eigenvalue weighted by Gasteiger charge is 2.32. The molecule has 1 aliphatic rings. The van der Waals surface area contributed by atoms with E-state index in [9.17, 15) is 22.8 Å². The van der Waals surface area contributed by atoms with Crippen LogP contribution in [0.1, 0.15) is 39.3 Å². The first-order valence-corrected chi connectivity index (χ1v) is 11.4. The minimum atomic E-state index is -4.51. The molecule has 0 atom stereocenters. The fraction of sp³-hybridized carbons (Fsp3) is 0.308. The lowest BCUT2D eigenvalue weighted by Crippen LogP contribution is -2.39. The number of hydrogen-bond donors (Lipinski definition) is 0. The predicted octanol–water partition coefficient (Wildman–Crippen LogP) is 4.30. The summed E-state index contributed by atoms with van der Waals surface area (Å²) in [6, 6.07) is 13.9. The van der Waals surface area contributed by atoms with E-state index < -0.39 is 23.4 Å². The Labute approximate surface area is 206 Å². The van der Waals surface area contributed by atoms with Crippen LogP contribution in [0, 0.1) is 25.2 Å². The second-order valence-corrected chi connectivity index (χ2v) is 8.63. The second kappa shape index (κ2) is 9.85. The van der Waals surface area contributed by atoms with Crippen molar-refractivity contribution in [1.29, 1.82) is 5.26 Å². The summed E-state index contributed by atoms with van der Waals surface area (Å²) in [5, 5.41) is 13.2. The first-order chi connectivity index (χ1) is 17.1. The van der Waals surface area contributed by atoms with Crippen LogP contribution >= 0.6 is 0 Å². The molecule has 4 rings (SSSR count). The molecule has 0 bridgehead atoms. The maximum Gasteiger partial charge on any atom is 0.416 e. The third-order valence-corrected chi connectivity index (χ3v) is 6.28. The van der Waals surface area contributed by atoms with Crippen molar-refractivity contribution in [3.8, 4) is 11.8 Å². The molecule has 0 radical (unpaired) electrons. The summed E-state index contributed by atoms with van der Waals surface area (Å²) in [5.74, 6) is -1.39. The number of ketones is 1. The molecule has 3 aromatic rings. The Morgan fingerprint density at radius 1 is 0.972 bits per heavy atom. The number of anilines is 1. The van der Waals surface area contributed by atoms with Gasteiger partial charge in [0.1, 0.15) is 0 Å². The first-order valence-electron chi connectivity index (χ1n) is 11.4. The Kier molecular flexibility index (Phi) is 6.84. The molecule has 0 aliphatic carbocycles. The number of Topliss-reactive ketones (excluding diaryl/α,β-unsaturated/α-hetero) is 1. The van der Waals surface area contributed by atoms with Gasteiger partial charge in [-0.3, -0.25) is 9.59 Å². The fourth-order valence-electron chi connectivity index (χ4n) is 4.41. The van der Waals surface area contributed by atoms with Gasteiger partial charge in [0.05, 0.1) is 39.8 Å². The van der Waals surface area contributed by atoms with Crippen molar-refractivity contribution < 1.29 is 22.8 Å². The fourth-order valence-corrected chi connectivity index (χ4v) is 4.41. The van der Waals surface area contributed by atoms with E-state index in [0.717, 1.165) is 17.8 Å². The number of halogens is 3. The van der Waals surface area contributed by atoms with Crippen molar-refractivity contribution >= 4 is 17.4 Å². The van der Waals surface area contributed by atoms with Crippen LogP contribution in [-0.4, -0.2) is 52.5 Å². The molecule has 10 heteroatoms. The average Bonchev–Trinajstić information content (AvgIpc) is 3.02. The van der Waals surface area contributed by atoms with Gasteiger partial charge in [0.2, 0.25) is 0 Å². The standard InChI is InChI=1S/C26H24F3N5O2/c1-17-23(18(2)34(31-17)22-6-3-5-20(15-22)26(27,28)29)24(35)25(36)33-12-4-11-32(13-14-33)21-9-7-19(16-30)8-10-21/h3,5-10,15H,4,11-14H2,1-2H3. The Morgan fingerprint density at radius 2 is 1.69 bits per heavy atom. The number of alkyl halides is 3. The Balaban J connectivity index is 1.52. The summed E-state index contributed by atoms with van der Waals surface area (Å²) in [5.41, 5.74) is 1.51. The van der Waals surface area contributed by atoms with Crippen molar-refractivity contribution in [1.82, 2.24) is 14.7 Å². The van der Waals surface area contributed by atoms with E-state index in [4.69, 9.17) is 5.26 Å². The molecule has 1 fully saturated rings. The molecule has 0 N–H and O–H groups in total. The molecular weight excluding hydrogens is 471 g/mol. The second-order valence-electron chi connectivity index (χ2n) is 8.63. The maximum absolute atomic E-state index is 13.2. The lowest BCUT2D eigenvalue weighted by Gasteiger charge is -2.23. The van der Waals surface area contributed by atoms with Gasteiger partial charge in [-0.05, 0) is 62.7 Å². The predicted molar refractivity (Wildman–Crippen MR) is 127 cm³/mol. The number of amides is 1. The minimum Gasteiger partial charge on any atom is -0.370 e. The molecule has 0 unspecified atom stereocenters. The van der Waals surface area contributed by atoms with E-state index in [2.05, 4.69) is 16.1 Å². The van der Waals surface area contributed by atoms with Crippen molar-refractivity contribution in [2.75, 3.05) is 31.1 Å². The van der Waals surface area contributed by atoms with Crippen LogP contribution in [0.4, 0.5) is 18.9 Å². The number of carbonyl (C=O) groups is 2. The van der Waals surface area contributed by atoms with Gasteiger partial charge in [0.25, 0.3) is 11.7 Å². The third kappa shape index (κ3) is 4.96. The van der Waals surface area contributed by atoms with Gasteiger partial charge in [-0.25, -0.2) is 4.68 Å². The average molecular weight is 496 g/mol. The quantitative estimate of drug-likeness (QED) is 0.398. The molecule has 1 aromatic heterocycles.